The van der Waals surface area contributed by atoms with Gasteiger partial charge in [-0.05, 0) is 69.8 Å². The number of ether oxygens (including phenoxy) is 1. The van der Waals surface area contributed by atoms with Crippen molar-refractivity contribution in [2.75, 3.05) is 11.9 Å². The number of hydrogen-bond acceptors (Lipinski definition) is 2. The third kappa shape index (κ3) is 3.76. The number of halogens is 1. The molecule has 0 radical (unpaired) electrons. The van der Waals surface area contributed by atoms with Gasteiger partial charge in [-0.25, -0.2) is 0 Å². The van der Waals surface area contributed by atoms with Crippen LogP contribution in [0.15, 0.2) is 66.7 Å². The second-order valence-electron chi connectivity index (χ2n) is 4.85. The number of amides is 1. The Labute approximate surface area is 142 Å². The molecule has 0 saturated carbocycles. The highest BCUT2D eigenvalue weighted by molar-refractivity contribution is 14.1. The number of rotatable bonds is 4. The van der Waals surface area contributed by atoms with Crippen molar-refractivity contribution >= 4 is 45.0 Å². The van der Waals surface area contributed by atoms with Gasteiger partial charge in [0.2, 0.25) is 0 Å². The Kier molecular flexibility index (Phi) is 4.58. The van der Waals surface area contributed by atoms with E-state index in [1.807, 2.05) is 66.7 Å². The summed E-state index contributed by atoms with van der Waals surface area (Å²) < 4.78 is 6.69. The molecule has 0 spiro atoms. The highest BCUT2D eigenvalue weighted by Gasteiger charge is 2.04. The van der Waals surface area contributed by atoms with E-state index in [1.54, 1.807) is 0 Å². The number of hydrogen-bond donors (Lipinski definition) is 1. The Balaban J connectivity index is 1.60. The Hall–Kier alpha value is -2.08. The zero-order valence-corrected chi connectivity index (χ0v) is 13.9. The summed E-state index contributed by atoms with van der Waals surface area (Å²) in [5.41, 5.74) is 0.771. The van der Waals surface area contributed by atoms with Crippen molar-refractivity contribution in [3.8, 4) is 5.75 Å². The lowest BCUT2D eigenvalue weighted by molar-refractivity contribution is -0.118. The molecule has 0 bridgehead atoms. The van der Waals surface area contributed by atoms with Gasteiger partial charge in [0.15, 0.2) is 6.61 Å². The van der Waals surface area contributed by atoms with E-state index >= 15 is 0 Å². The van der Waals surface area contributed by atoms with Crippen LogP contribution in [0.4, 0.5) is 5.69 Å². The molecule has 0 aliphatic heterocycles. The molecule has 1 amide bonds. The van der Waals surface area contributed by atoms with Crippen LogP contribution in [-0.4, -0.2) is 12.5 Å². The lowest BCUT2D eigenvalue weighted by Crippen LogP contribution is -2.20. The van der Waals surface area contributed by atoms with Crippen molar-refractivity contribution in [3.63, 3.8) is 0 Å². The number of carbonyl (C=O) groups excluding carboxylic acids is 1. The van der Waals surface area contributed by atoms with E-state index in [0.29, 0.717) is 5.75 Å². The van der Waals surface area contributed by atoms with Gasteiger partial charge in [-0.3, -0.25) is 4.79 Å². The second kappa shape index (κ2) is 6.79. The van der Waals surface area contributed by atoms with Gasteiger partial charge in [0, 0.05) is 9.26 Å². The smallest absolute Gasteiger partial charge is 0.262 e. The van der Waals surface area contributed by atoms with Crippen LogP contribution in [0.1, 0.15) is 0 Å². The van der Waals surface area contributed by atoms with E-state index in [0.717, 1.165) is 20.0 Å². The minimum absolute atomic E-state index is 0.00960. The molecule has 0 fully saturated rings. The van der Waals surface area contributed by atoms with Crippen LogP contribution in [0.25, 0.3) is 10.8 Å². The second-order valence-corrected chi connectivity index (χ2v) is 6.10. The van der Waals surface area contributed by atoms with Crippen LogP contribution in [0.2, 0.25) is 0 Å². The van der Waals surface area contributed by atoms with E-state index < -0.39 is 0 Å². The Morgan fingerprint density at radius 2 is 1.68 bits per heavy atom. The molecule has 0 saturated heterocycles. The van der Waals surface area contributed by atoms with Crippen molar-refractivity contribution < 1.29 is 9.53 Å². The minimum atomic E-state index is -0.172. The van der Waals surface area contributed by atoms with E-state index in [9.17, 15) is 4.79 Å². The molecule has 0 aliphatic carbocycles. The third-order valence-electron chi connectivity index (χ3n) is 3.22. The Bertz CT molecular complexity index is 800. The Morgan fingerprint density at radius 3 is 2.45 bits per heavy atom. The summed E-state index contributed by atoms with van der Waals surface area (Å²) in [7, 11) is 0. The largest absolute Gasteiger partial charge is 0.484 e. The summed E-state index contributed by atoms with van der Waals surface area (Å²) >= 11 is 2.22. The molecule has 1 N–H and O–H groups in total. The molecule has 0 aromatic heterocycles. The van der Waals surface area contributed by atoms with Gasteiger partial charge in [-0.2, -0.15) is 0 Å². The molecule has 4 heteroatoms. The number of benzene rings is 3. The van der Waals surface area contributed by atoms with Crippen molar-refractivity contribution in [2.45, 2.75) is 0 Å². The standard InChI is InChI=1S/C18H14INO2/c19-15-6-8-16(9-7-15)20-18(21)12-22-17-10-5-13-3-1-2-4-14(13)11-17/h1-11H,12H2,(H,20,21). The molecule has 22 heavy (non-hydrogen) atoms. The average molecular weight is 403 g/mol. The summed E-state index contributed by atoms with van der Waals surface area (Å²) in [6.45, 7) is -0.00960. The first-order valence-electron chi connectivity index (χ1n) is 6.88. The van der Waals surface area contributed by atoms with Crippen LogP contribution in [0.3, 0.4) is 0 Å². The molecule has 0 heterocycles. The maximum Gasteiger partial charge on any atom is 0.262 e. The van der Waals surface area contributed by atoms with Gasteiger partial charge >= 0.3 is 0 Å². The first-order valence-corrected chi connectivity index (χ1v) is 7.95. The van der Waals surface area contributed by atoms with Gasteiger partial charge in [-0.1, -0.05) is 30.3 Å². The van der Waals surface area contributed by atoms with Crippen LogP contribution < -0.4 is 10.1 Å². The first-order chi connectivity index (χ1) is 10.7. The zero-order valence-electron chi connectivity index (χ0n) is 11.8. The molecular weight excluding hydrogens is 389 g/mol. The monoisotopic (exact) mass is 403 g/mol. The lowest BCUT2D eigenvalue weighted by Gasteiger charge is -2.08. The summed E-state index contributed by atoms with van der Waals surface area (Å²) in [5, 5.41) is 5.06. The molecule has 3 nitrogen and oxygen atoms in total. The summed E-state index contributed by atoms with van der Waals surface area (Å²) in [4.78, 5) is 11.9. The van der Waals surface area contributed by atoms with Crippen LogP contribution >= 0.6 is 22.6 Å². The number of fused-ring (bicyclic) bond motifs is 1. The fraction of sp³-hybridized carbons (Fsp3) is 0.0556. The highest BCUT2D eigenvalue weighted by Crippen LogP contribution is 2.20. The van der Waals surface area contributed by atoms with E-state index in [1.165, 1.54) is 0 Å². The molecule has 3 aromatic rings. The first kappa shape index (κ1) is 14.8. The number of nitrogens with one attached hydrogen (secondary N) is 1. The highest BCUT2D eigenvalue weighted by atomic mass is 127. The molecule has 0 aliphatic rings. The van der Waals surface area contributed by atoms with Crippen molar-refractivity contribution in [2.24, 2.45) is 0 Å². The summed E-state index contributed by atoms with van der Waals surface area (Å²) in [5.74, 6) is 0.519. The normalized spacial score (nSPS) is 10.4. The molecule has 0 unspecified atom stereocenters. The van der Waals surface area contributed by atoms with Crippen molar-refractivity contribution in [3.05, 3.63) is 70.3 Å². The zero-order chi connectivity index (χ0) is 15.4. The number of carbonyl (C=O) groups is 1. The van der Waals surface area contributed by atoms with Crippen molar-refractivity contribution in [1.82, 2.24) is 0 Å². The number of anilines is 1. The third-order valence-corrected chi connectivity index (χ3v) is 3.94. The molecular formula is C18H14INO2. The van der Waals surface area contributed by atoms with Gasteiger partial charge in [-0.15, -0.1) is 0 Å². The van der Waals surface area contributed by atoms with Crippen LogP contribution in [0.5, 0.6) is 5.75 Å². The van der Waals surface area contributed by atoms with Gasteiger partial charge in [0.1, 0.15) is 5.75 Å². The van der Waals surface area contributed by atoms with E-state index in [-0.39, 0.29) is 12.5 Å². The fourth-order valence-corrected chi connectivity index (χ4v) is 2.50. The molecule has 110 valence electrons. The fourth-order valence-electron chi connectivity index (χ4n) is 2.14. The van der Waals surface area contributed by atoms with Crippen LogP contribution in [-0.2, 0) is 4.79 Å². The maximum absolute atomic E-state index is 11.9. The van der Waals surface area contributed by atoms with Crippen LogP contribution in [0, 0.1) is 3.57 Å². The minimum Gasteiger partial charge on any atom is -0.484 e. The lowest BCUT2D eigenvalue weighted by atomic mass is 10.1. The molecule has 3 aromatic carbocycles. The van der Waals surface area contributed by atoms with Gasteiger partial charge in [0.05, 0.1) is 0 Å². The quantitative estimate of drug-likeness (QED) is 0.654. The summed E-state index contributed by atoms with van der Waals surface area (Å²) in [6, 6.07) is 21.5. The predicted molar refractivity (Wildman–Crippen MR) is 97.2 cm³/mol. The molecule has 0 atom stereocenters. The maximum atomic E-state index is 11.9. The van der Waals surface area contributed by atoms with E-state index in [4.69, 9.17) is 4.74 Å². The van der Waals surface area contributed by atoms with Gasteiger partial charge in [0.25, 0.3) is 5.91 Å². The van der Waals surface area contributed by atoms with Crippen molar-refractivity contribution in [1.29, 1.82) is 0 Å². The Morgan fingerprint density at radius 1 is 0.955 bits per heavy atom. The predicted octanol–water partition coefficient (Wildman–Crippen LogP) is 4.46. The van der Waals surface area contributed by atoms with Gasteiger partial charge < -0.3 is 10.1 Å². The molecule has 3 rings (SSSR count). The topological polar surface area (TPSA) is 38.3 Å². The average Bonchev–Trinajstić information content (AvgIpc) is 2.55. The van der Waals surface area contributed by atoms with E-state index in [2.05, 4.69) is 27.9 Å². The SMILES string of the molecule is O=C(COc1ccc2ccccc2c1)Nc1ccc(I)cc1. The summed E-state index contributed by atoms with van der Waals surface area (Å²) in [6.07, 6.45) is 0.